The molecule has 0 spiro atoms. The zero-order chi connectivity index (χ0) is 13.5. The summed E-state index contributed by atoms with van der Waals surface area (Å²) in [5.74, 6) is 5.53. The van der Waals surface area contributed by atoms with Crippen LogP contribution in [0.4, 0.5) is 5.69 Å². The maximum atomic E-state index is 10.6. The zero-order valence-electron chi connectivity index (χ0n) is 10.2. The summed E-state index contributed by atoms with van der Waals surface area (Å²) in [6, 6.07) is 2.90. The quantitative estimate of drug-likeness (QED) is 0.376. The number of pyridine rings is 1. The summed E-state index contributed by atoms with van der Waals surface area (Å²) >= 11 is 0. The second-order valence-electron chi connectivity index (χ2n) is 3.59. The molecule has 0 radical (unpaired) electrons. The SMILES string of the molecule is CC(=O)NCCC#Cc1ccc([N+](=O)[O-])c(C)n1. The number of carbonyl (C=O) groups is 1. The van der Waals surface area contributed by atoms with Crippen LogP contribution in [0.3, 0.4) is 0 Å². The van der Waals surface area contributed by atoms with Gasteiger partial charge < -0.3 is 5.32 Å². The summed E-state index contributed by atoms with van der Waals surface area (Å²) in [5.41, 5.74) is 0.813. The van der Waals surface area contributed by atoms with Crippen LogP contribution < -0.4 is 5.32 Å². The smallest absolute Gasteiger partial charge is 0.290 e. The summed E-state index contributed by atoms with van der Waals surface area (Å²) in [6.45, 7) is 3.49. The van der Waals surface area contributed by atoms with Gasteiger partial charge in [0.2, 0.25) is 5.91 Å². The molecule has 1 amide bonds. The Kier molecular flexibility index (Phi) is 4.81. The Bertz CT molecular complexity index is 529. The van der Waals surface area contributed by atoms with E-state index in [0.717, 1.165) is 0 Å². The van der Waals surface area contributed by atoms with Gasteiger partial charge in [0.1, 0.15) is 11.4 Å². The van der Waals surface area contributed by atoms with Crippen LogP contribution in [0.2, 0.25) is 0 Å². The Balaban J connectivity index is 2.64. The third kappa shape index (κ3) is 4.22. The van der Waals surface area contributed by atoms with Crippen molar-refractivity contribution in [2.24, 2.45) is 0 Å². The van der Waals surface area contributed by atoms with Gasteiger partial charge in [-0.3, -0.25) is 14.9 Å². The third-order valence-electron chi connectivity index (χ3n) is 2.10. The number of aryl methyl sites for hydroxylation is 1. The van der Waals surface area contributed by atoms with Crippen molar-refractivity contribution in [3.63, 3.8) is 0 Å². The van der Waals surface area contributed by atoms with E-state index in [9.17, 15) is 14.9 Å². The van der Waals surface area contributed by atoms with E-state index >= 15 is 0 Å². The van der Waals surface area contributed by atoms with Crippen LogP contribution in [0.1, 0.15) is 24.7 Å². The average molecular weight is 247 g/mol. The van der Waals surface area contributed by atoms with Crippen molar-refractivity contribution in [1.29, 1.82) is 0 Å². The molecular formula is C12H13N3O3. The fraction of sp³-hybridized carbons (Fsp3) is 0.333. The molecule has 6 nitrogen and oxygen atoms in total. The summed E-state index contributed by atoms with van der Waals surface area (Å²) in [5, 5.41) is 13.2. The van der Waals surface area contributed by atoms with E-state index < -0.39 is 4.92 Å². The topological polar surface area (TPSA) is 85.1 Å². The fourth-order valence-corrected chi connectivity index (χ4v) is 1.27. The first-order valence-electron chi connectivity index (χ1n) is 5.36. The van der Waals surface area contributed by atoms with Gasteiger partial charge in [0.15, 0.2) is 0 Å². The minimum absolute atomic E-state index is 0.0150. The largest absolute Gasteiger partial charge is 0.355 e. The van der Waals surface area contributed by atoms with Crippen molar-refractivity contribution in [3.05, 3.63) is 33.6 Å². The van der Waals surface area contributed by atoms with Crippen LogP contribution in [0.5, 0.6) is 0 Å². The first-order chi connectivity index (χ1) is 8.50. The molecule has 0 aliphatic rings. The summed E-state index contributed by atoms with van der Waals surface area (Å²) in [6.07, 6.45) is 0.511. The number of aromatic nitrogens is 1. The highest BCUT2D eigenvalue weighted by Crippen LogP contribution is 2.14. The molecule has 0 unspecified atom stereocenters. The molecule has 1 heterocycles. The molecule has 0 fully saturated rings. The second-order valence-corrected chi connectivity index (χ2v) is 3.59. The van der Waals surface area contributed by atoms with Crippen LogP contribution in [0, 0.1) is 28.9 Å². The Hall–Kier alpha value is -2.42. The van der Waals surface area contributed by atoms with Gasteiger partial charge in [0.25, 0.3) is 5.69 Å². The van der Waals surface area contributed by atoms with Crippen LogP contribution in [0.25, 0.3) is 0 Å². The molecule has 0 bridgehead atoms. The van der Waals surface area contributed by atoms with E-state index in [1.54, 1.807) is 6.92 Å². The van der Waals surface area contributed by atoms with Gasteiger partial charge in [-0.1, -0.05) is 5.92 Å². The highest BCUT2D eigenvalue weighted by Gasteiger charge is 2.10. The third-order valence-corrected chi connectivity index (χ3v) is 2.10. The van der Waals surface area contributed by atoms with Crippen molar-refractivity contribution in [1.82, 2.24) is 10.3 Å². The standard InChI is InChI=1S/C12H13N3O3/c1-9-12(15(17)18)7-6-11(14-9)5-3-4-8-13-10(2)16/h6-7H,4,8H2,1-2H3,(H,13,16). The number of hydrogen-bond donors (Lipinski definition) is 1. The molecule has 18 heavy (non-hydrogen) atoms. The van der Waals surface area contributed by atoms with Gasteiger partial charge in [-0.15, -0.1) is 0 Å². The number of amides is 1. The number of nitrogens with zero attached hydrogens (tertiary/aromatic N) is 2. The molecule has 0 aliphatic carbocycles. The van der Waals surface area contributed by atoms with Gasteiger partial charge in [-0.05, 0) is 18.9 Å². The Labute approximate surface area is 105 Å². The molecule has 0 aliphatic heterocycles. The van der Waals surface area contributed by atoms with Crippen molar-refractivity contribution >= 4 is 11.6 Å². The van der Waals surface area contributed by atoms with Crippen molar-refractivity contribution in [3.8, 4) is 11.8 Å². The first-order valence-corrected chi connectivity index (χ1v) is 5.36. The van der Waals surface area contributed by atoms with Crippen molar-refractivity contribution in [2.45, 2.75) is 20.3 Å². The summed E-state index contributed by atoms with van der Waals surface area (Å²) in [4.78, 5) is 24.7. The van der Waals surface area contributed by atoms with Gasteiger partial charge in [0, 0.05) is 26.0 Å². The number of hydrogen-bond acceptors (Lipinski definition) is 4. The molecule has 1 aromatic heterocycles. The molecule has 1 N–H and O–H groups in total. The Morgan fingerprint density at radius 2 is 2.28 bits per heavy atom. The lowest BCUT2D eigenvalue weighted by Gasteiger charge is -1.96. The number of nitro groups is 1. The minimum Gasteiger partial charge on any atom is -0.355 e. The van der Waals surface area contributed by atoms with E-state index in [-0.39, 0.29) is 11.6 Å². The van der Waals surface area contributed by atoms with Crippen molar-refractivity contribution < 1.29 is 9.72 Å². The fourth-order valence-electron chi connectivity index (χ4n) is 1.27. The van der Waals surface area contributed by atoms with Gasteiger partial charge in [-0.25, -0.2) is 4.98 Å². The number of rotatable bonds is 3. The molecule has 0 atom stereocenters. The van der Waals surface area contributed by atoms with Crippen LogP contribution in [-0.2, 0) is 4.79 Å². The maximum Gasteiger partial charge on any atom is 0.290 e. The molecule has 0 aromatic carbocycles. The molecule has 6 heteroatoms. The van der Waals surface area contributed by atoms with E-state index in [4.69, 9.17) is 0 Å². The van der Waals surface area contributed by atoms with E-state index in [2.05, 4.69) is 22.1 Å². The summed E-state index contributed by atoms with van der Waals surface area (Å²) < 4.78 is 0. The van der Waals surface area contributed by atoms with E-state index in [1.165, 1.54) is 19.1 Å². The lowest BCUT2D eigenvalue weighted by molar-refractivity contribution is -0.385. The van der Waals surface area contributed by atoms with Gasteiger partial charge in [-0.2, -0.15) is 0 Å². The lowest BCUT2D eigenvalue weighted by Crippen LogP contribution is -2.20. The molecule has 94 valence electrons. The lowest BCUT2D eigenvalue weighted by atomic mass is 10.2. The van der Waals surface area contributed by atoms with E-state index in [0.29, 0.717) is 24.4 Å². The number of carbonyl (C=O) groups excluding carboxylic acids is 1. The second kappa shape index (κ2) is 6.35. The molecule has 0 saturated carbocycles. The van der Waals surface area contributed by atoms with Crippen LogP contribution >= 0.6 is 0 Å². The van der Waals surface area contributed by atoms with Gasteiger partial charge in [0.05, 0.1) is 4.92 Å². The highest BCUT2D eigenvalue weighted by atomic mass is 16.6. The Morgan fingerprint density at radius 1 is 1.56 bits per heavy atom. The monoisotopic (exact) mass is 247 g/mol. The van der Waals surface area contributed by atoms with Crippen molar-refractivity contribution in [2.75, 3.05) is 6.54 Å². The zero-order valence-corrected chi connectivity index (χ0v) is 10.2. The molecule has 1 rings (SSSR count). The average Bonchev–Trinajstić information content (AvgIpc) is 2.27. The normalized spacial score (nSPS) is 9.22. The molecule has 1 aromatic rings. The first kappa shape index (κ1) is 13.6. The molecule has 0 saturated heterocycles. The predicted molar refractivity (Wildman–Crippen MR) is 65.8 cm³/mol. The van der Waals surface area contributed by atoms with Crippen LogP contribution in [-0.4, -0.2) is 22.4 Å². The molecular weight excluding hydrogens is 234 g/mol. The van der Waals surface area contributed by atoms with Gasteiger partial charge >= 0.3 is 0 Å². The van der Waals surface area contributed by atoms with Crippen LogP contribution in [0.15, 0.2) is 12.1 Å². The minimum atomic E-state index is -0.476. The predicted octanol–water partition coefficient (Wildman–Crippen LogP) is 1.18. The maximum absolute atomic E-state index is 10.6. The number of nitrogens with one attached hydrogen (secondary N) is 1. The summed E-state index contributed by atoms with van der Waals surface area (Å²) in [7, 11) is 0. The Morgan fingerprint density at radius 3 is 2.83 bits per heavy atom. The highest BCUT2D eigenvalue weighted by molar-refractivity contribution is 5.72. The van der Waals surface area contributed by atoms with E-state index in [1.807, 2.05) is 0 Å².